The van der Waals surface area contributed by atoms with E-state index in [1.807, 2.05) is 36.4 Å². The van der Waals surface area contributed by atoms with Crippen molar-refractivity contribution in [1.82, 2.24) is 4.98 Å². The van der Waals surface area contributed by atoms with Gasteiger partial charge in [0.25, 0.3) is 0 Å². The van der Waals surface area contributed by atoms with Crippen LogP contribution in [0.5, 0.6) is 11.5 Å². The van der Waals surface area contributed by atoms with Gasteiger partial charge in [0.15, 0.2) is 11.5 Å². The number of benzene rings is 2. The van der Waals surface area contributed by atoms with Crippen LogP contribution >= 0.6 is 0 Å². The molecule has 0 saturated carbocycles. The molecular formula is C16H13N3O2. The lowest BCUT2D eigenvalue weighted by atomic mass is 10.2. The van der Waals surface area contributed by atoms with Crippen LogP contribution in [-0.4, -0.2) is 21.4 Å². The van der Waals surface area contributed by atoms with E-state index < -0.39 is 0 Å². The Balaban J connectivity index is 1.76. The number of phenolic OH excluding ortho intramolecular Hbond substituents is 2. The molecule has 0 aliphatic heterocycles. The van der Waals surface area contributed by atoms with Gasteiger partial charge in [0, 0.05) is 5.39 Å². The summed E-state index contributed by atoms with van der Waals surface area (Å²) in [5.74, 6) is 0.298. The SMILES string of the molecule is Oc1ccc(/C=N/Nc2ccc3ccccc3n2)cc1O. The van der Waals surface area contributed by atoms with E-state index >= 15 is 0 Å². The maximum Gasteiger partial charge on any atom is 0.158 e. The average molecular weight is 279 g/mol. The Kier molecular flexibility index (Phi) is 3.39. The van der Waals surface area contributed by atoms with Crippen LogP contribution in [0.4, 0.5) is 5.82 Å². The zero-order valence-corrected chi connectivity index (χ0v) is 11.1. The van der Waals surface area contributed by atoms with E-state index in [1.165, 1.54) is 18.3 Å². The lowest BCUT2D eigenvalue weighted by Crippen LogP contribution is -1.93. The Hall–Kier alpha value is -3.08. The molecule has 1 heterocycles. The first-order valence-electron chi connectivity index (χ1n) is 6.39. The summed E-state index contributed by atoms with van der Waals surface area (Å²) in [5, 5.41) is 23.7. The molecule has 3 N–H and O–H groups in total. The number of nitrogens with one attached hydrogen (secondary N) is 1. The zero-order chi connectivity index (χ0) is 14.7. The van der Waals surface area contributed by atoms with E-state index in [9.17, 15) is 10.2 Å². The molecule has 0 aliphatic carbocycles. The van der Waals surface area contributed by atoms with Crippen LogP contribution in [0.2, 0.25) is 0 Å². The highest BCUT2D eigenvalue weighted by atomic mass is 16.3. The molecule has 5 nitrogen and oxygen atoms in total. The molecule has 0 saturated heterocycles. The first kappa shape index (κ1) is 12.9. The number of hydrazone groups is 1. The van der Waals surface area contributed by atoms with E-state index in [-0.39, 0.29) is 11.5 Å². The molecule has 0 aliphatic rings. The van der Waals surface area contributed by atoms with Crippen molar-refractivity contribution >= 4 is 22.9 Å². The van der Waals surface area contributed by atoms with Crippen molar-refractivity contribution in [1.29, 1.82) is 0 Å². The standard InChI is InChI=1S/C16H13N3O2/c20-14-7-5-11(9-15(14)21)10-17-19-16-8-6-12-3-1-2-4-13(12)18-16/h1-10,20-21H,(H,18,19)/b17-10+. The minimum atomic E-state index is -0.178. The highest BCUT2D eigenvalue weighted by Gasteiger charge is 1.99. The molecule has 104 valence electrons. The third-order valence-electron chi connectivity index (χ3n) is 2.99. The van der Waals surface area contributed by atoms with Crippen LogP contribution in [0.15, 0.2) is 59.7 Å². The first-order valence-corrected chi connectivity index (χ1v) is 6.39. The van der Waals surface area contributed by atoms with Crippen molar-refractivity contribution in [2.24, 2.45) is 5.10 Å². The number of rotatable bonds is 3. The number of hydrogen-bond acceptors (Lipinski definition) is 5. The van der Waals surface area contributed by atoms with Gasteiger partial charge in [-0.2, -0.15) is 5.10 Å². The number of aromatic nitrogens is 1. The van der Waals surface area contributed by atoms with Gasteiger partial charge in [-0.3, -0.25) is 5.43 Å². The van der Waals surface area contributed by atoms with Gasteiger partial charge in [-0.1, -0.05) is 18.2 Å². The number of phenols is 2. The predicted octanol–water partition coefficient (Wildman–Crippen LogP) is 3.09. The third-order valence-corrected chi connectivity index (χ3v) is 2.99. The molecule has 0 spiro atoms. The molecule has 2 aromatic carbocycles. The monoisotopic (exact) mass is 279 g/mol. The molecule has 0 atom stereocenters. The second-order valence-electron chi connectivity index (χ2n) is 4.51. The highest BCUT2D eigenvalue weighted by molar-refractivity contribution is 5.82. The summed E-state index contributed by atoms with van der Waals surface area (Å²) >= 11 is 0. The van der Waals surface area contributed by atoms with Crippen LogP contribution in [-0.2, 0) is 0 Å². The average Bonchev–Trinajstić information content (AvgIpc) is 2.51. The summed E-state index contributed by atoms with van der Waals surface area (Å²) in [4.78, 5) is 4.42. The first-order chi connectivity index (χ1) is 10.2. The van der Waals surface area contributed by atoms with Crippen molar-refractivity contribution < 1.29 is 10.2 Å². The Morgan fingerprint density at radius 2 is 1.81 bits per heavy atom. The molecule has 0 unspecified atom stereocenters. The van der Waals surface area contributed by atoms with Gasteiger partial charge in [0.1, 0.15) is 5.82 Å². The van der Waals surface area contributed by atoms with Crippen LogP contribution in [0.1, 0.15) is 5.56 Å². The van der Waals surface area contributed by atoms with Crippen molar-refractivity contribution in [2.45, 2.75) is 0 Å². The van der Waals surface area contributed by atoms with Gasteiger partial charge >= 0.3 is 0 Å². The molecule has 0 bridgehead atoms. The molecular weight excluding hydrogens is 266 g/mol. The highest BCUT2D eigenvalue weighted by Crippen LogP contribution is 2.24. The van der Waals surface area contributed by atoms with Gasteiger partial charge in [0.2, 0.25) is 0 Å². The van der Waals surface area contributed by atoms with E-state index in [0.717, 1.165) is 10.9 Å². The predicted molar refractivity (Wildman–Crippen MR) is 82.7 cm³/mol. The van der Waals surface area contributed by atoms with E-state index in [2.05, 4.69) is 15.5 Å². The normalized spacial score (nSPS) is 11.0. The molecule has 1 aromatic heterocycles. The minimum absolute atomic E-state index is 0.156. The Labute approximate surface area is 121 Å². The van der Waals surface area contributed by atoms with E-state index in [4.69, 9.17) is 0 Å². The van der Waals surface area contributed by atoms with E-state index in [1.54, 1.807) is 6.07 Å². The fourth-order valence-corrected chi connectivity index (χ4v) is 1.92. The summed E-state index contributed by atoms with van der Waals surface area (Å²) in [7, 11) is 0. The molecule has 5 heteroatoms. The lowest BCUT2D eigenvalue weighted by Gasteiger charge is -2.02. The van der Waals surface area contributed by atoms with Gasteiger partial charge in [-0.25, -0.2) is 4.98 Å². The smallest absolute Gasteiger partial charge is 0.158 e. The molecule has 0 radical (unpaired) electrons. The van der Waals surface area contributed by atoms with Crippen LogP contribution in [0.25, 0.3) is 10.9 Å². The fourth-order valence-electron chi connectivity index (χ4n) is 1.92. The molecule has 21 heavy (non-hydrogen) atoms. The molecule has 3 rings (SSSR count). The van der Waals surface area contributed by atoms with Gasteiger partial charge < -0.3 is 10.2 Å². The van der Waals surface area contributed by atoms with Gasteiger partial charge in [-0.15, -0.1) is 0 Å². The Morgan fingerprint density at radius 1 is 0.952 bits per heavy atom. The number of aromatic hydroxyl groups is 2. The second-order valence-corrected chi connectivity index (χ2v) is 4.51. The number of para-hydroxylation sites is 1. The van der Waals surface area contributed by atoms with Crippen LogP contribution < -0.4 is 5.43 Å². The van der Waals surface area contributed by atoms with Crippen molar-refractivity contribution in [3.8, 4) is 11.5 Å². The number of nitrogens with zero attached hydrogens (tertiary/aromatic N) is 2. The summed E-state index contributed by atoms with van der Waals surface area (Å²) in [6.45, 7) is 0. The Morgan fingerprint density at radius 3 is 2.67 bits per heavy atom. The molecule has 0 amide bonds. The minimum Gasteiger partial charge on any atom is -0.504 e. The quantitative estimate of drug-likeness (QED) is 0.391. The summed E-state index contributed by atoms with van der Waals surface area (Å²) in [6.07, 6.45) is 1.54. The molecule has 3 aromatic rings. The fraction of sp³-hybridized carbons (Fsp3) is 0. The van der Waals surface area contributed by atoms with Crippen molar-refractivity contribution in [2.75, 3.05) is 5.43 Å². The number of pyridine rings is 1. The number of anilines is 1. The second kappa shape index (κ2) is 5.50. The molecule has 0 fully saturated rings. The largest absolute Gasteiger partial charge is 0.504 e. The maximum atomic E-state index is 9.39. The van der Waals surface area contributed by atoms with Gasteiger partial charge in [-0.05, 0) is 42.0 Å². The van der Waals surface area contributed by atoms with Crippen molar-refractivity contribution in [3.63, 3.8) is 0 Å². The lowest BCUT2D eigenvalue weighted by molar-refractivity contribution is 0.403. The van der Waals surface area contributed by atoms with Crippen molar-refractivity contribution in [3.05, 3.63) is 60.2 Å². The zero-order valence-electron chi connectivity index (χ0n) is 11.1. The third kappa shape index (κ3) is 2.92. The van der Waals surface area contributed by atoms with E-state index in [0.29, 0.717) is 11.4 Å². The van der Waals surface area contributed by atoms with Gasteiger partial charge in [0.05, 0.1) is 11.7 Å². The summed E-state index contributed by atoms with van der Waals surface area (Å²) in [6, 6.07) is 16.1. The topological polar surface area (TPSA) is 77.7 Å². The number of hydrogen-bond donors (Lipinski definition) is 3. The summed E-state index contributed by atoms with van der Waals surface area (Å²) < 4.78 is 0. The van der Waals surface area contributed by atoms with Crippen LogP contribution in [0, 0.1) is 0 Å². The number of fused-ring (bicyclic) bond motifs is 1. The Bertz CT molecular complexity index is 815. The van der Waals surface area contributed by atoms with Crippen LogP contribution in [0.3, 0.4) is 0 Å². The summed E-state index contributed by atoms with van der Waals surface area (Å²) in [5.41, 5.74) is 4.39. The maximum absolute atomic E-state index is 9.39.